The molecule has 0 amide bonds. The van der Waals surface area contributed by atoms with E-state index in [2.05, 4.69) is 9.47 Å². The topological polar surface area (TPSA) is 180 Å². The molecule has 0 spiro atoms. The molecule has 0 fully saturated rings. The fourth-order valence-electron chi connectivity index (χ4n) is 1.86. The predicted octanol–water partition coefficient (Wildman–Crippen LogP) is -1.12. The first-order valence-electron chi connectivity index (χ1n) is 7.01. The Hall–Kier alpha value is -3.18. The zero-order valence-electron chi connectivity index (χ0n) is 14.3. The van der Waals surface area contributed by atoms with Crippen LogP contribution in [0.2, 0.25) is 0 Å². The molecule has 4 atom stereocenters. The van der Waals surface area contributed by atoms with Crippen molar-refractivity contribution in [2.24, 2.45) is 0 Å². The van der Waals surface area contributed by atoms with Crippen LogP contribution in [0.15, 0.2) is 0 Å². The quantitative estimate of drug-likeness (QED) is 0.365. The number of aliphatic carboxylic acids is 2. The Labute approximate surface area is 146 Å². The lowest BCUT2D eigenvalue weighted by Gasteiger charge is -2.32. The first-order chi connectivity index (χ1) is 11.9. The van der Waals surface area contributed by atoms with Crippen LogP contribution in [0.25, 0.3) is 0 Å². The Balaban J connectivity index is 6.20. The molecule has 0 saturated carbocycles. The SMILES string of the molecule is CC(=O)O[C@H]([C@H](OC(C)=O)[C@@H](OC(C)=O)C(=O)O)[C@H](OC(C)=O)C(=O)O. The van der Waals surface area contributed by atoms with Gasteiger partial charge in [0.2, 0.25) is 12.2 Å². The number of hydrogen-bond donors (Lipinski definition) is 2. The van der Waals surface area contributed by atoms with Crippen LogP contribution in [0, 0.1) is 0 Å². The van der Waals surface area contributed by atoms with Gasteiger partial charge in [0, 0.05) is 27.7 Å². The molecular formula is C14H18O12. The van der Waals surface area contributed by atoms with Gasteiger partial charge in [-0.2, -0.15) is 0 Å². The van der Waals surface area contributed by atoms with Crippen LogP contribution >= 0.6 is 0 Å². The van der Waals surface area contributed by atoms with Crippen LogP contribution < -0.4 is 0 Å². The van der Waals surface area contributed by atoms with Crippen LogP contribution in [0.3, 0.4) is 0 Å². The second-order valence-electron chi connectivity index (χ2n) is 4.88. The summed E-state index contributed by atoms with van der Waals surface area (Å²) < 4.78 is 18.5. The zero-order chi connectivity index (χ0) is 20.6. The third kappa shape index (κ3) is 7.59. The maximum atomic E-state index is 11.4. The van der Waals surface area contributed by atoms with E-state index in [-0.39, 0.29) is 0 Å². The Morgan fingerprint density at radius 3 is 0.923 bits per heavy atom. The van der Waals surface area contributed by atoms with E-state index in [1.54, 1.807) is 0 Å². The highest BCUT2D eigenvalue weighted by Crippen LogP contribution is 2.20. The summed E-state index contributed by atoms with van der Waals surface area (Å²) in [5.74, 6) is -8.05. The van der Waals surface area contributed by atoms with Crippen molar-refractivity contribution in [2.45, 2.75) is 52.1 Å². The molecule has 0 rings (SSSR count). The summed E-state index contributed by atoms with van der Waals surface area (Å²) in [4.78, 5) is 67.7. The Kier molecular flexibility index (Phi) is 8.74. The molecule has 0 aromatic heterocycles. The molecule has 0 aromatic rings. The van der Waals surface area contributed by atoms with Crippen LogP contribution in [-0.4, -0.2) is 70.4 Å². The Morgan fingerprint density at radius 2 is 0.769 bits per heavy atom. The normalized spacial score (nSPS) is 14.8. The molecule has 0 aliphatic rings. The number of esters is 4. The van der Waals surface area contributed by atoms with Gasteiger partial charge in [-0.1, -0.05) is 0 Å². The maximum absolute atomic E-state index is 11.4. The van der Waals surface area contributed by atoms with Gasteiger partial charge < -0.3 is 29.2 Å². The number of hydrogen-bond acceptors (Lipinski definition) is 10. The minimum Gasteiger partial charge on any atom is -0.478 e. The number of carbonyl (C=O) groups excluding carboxylic acids is 4. The van der Waals surface area contributed by atoms with E-state index in [0.717, 1.165) is 27.7 Å². The molecule has 0 unspecified atom stereocenters. The van der Waals surface area contributed by atoms with Gasteiger partial charge in [-0.15, -0.1) is 0 Å². The highest BCUT2D eigenvalue weighted by Gasteiger charge is 2.49. The smallest absolute Gasteiger partial charge is 0.349 e. The molecule has 0 saturated heterocycles. The standard InChI is InChI=1S/C14H18O12/c1-5(15)23-9(11(13(19)20)25-7(3)17)10(24-6(2)16)12(14(21)22)26-8(4)18/h9-12H,1-4H3,(H,19,20)(H,21,22)/t9-,10+,11+,12-. The monoisotopic (exact) mass is 378 g/mol. The lowest BCUT2D eigenvalue weighted by Crippen LogP contribution is -2.56. The molecule has 0 aromatic carbocycles. The molecule has 0 aliphatic carbocycles. The van der Waals surface area contributed by atoms with Gasteiger partial charge in [0.05, 0.1) is 0 Å². The Morgan fingerprint density at radius 1 is 0.538 bits per heavy atom. The van der Waals surface area contributed by atoms with E-state index < -0.39 is 60.2 Å². The van der Waals surface area contributed by atoms with Gasteiger partial charge in [-0.05, 0) is 0 Å². The molecule has 0 radical (unpaired) electrons. The lowest BCUT2D eigenvalue weighted by atomic mass is 10.0. The van der Waals surface area contributed by atoms with Gasteiger partial charge in [-0.25, -0.2) is 9.59 Å². The second-order valence-corrected chi connectivity index (χ2v) is 4.88. The summed E-state index contributed by atoms with van der Waals surface area (Å²) >= 11 is 0. The molecule has 146 valence electrons. The van der Waals surface area contributed by atoms with Crippen molar-refractivity contribution in [3.63, 3.8) is 0 Å². The van der Waals surface area contributed by atoms with Gasteiger partial charge in [0.15, 0.2) is 12.2 Å². The van der Waals surface area contributed by atoms with E-state index >= 15 is 0 Å². The van der Waals surface area contributed by atoms with Crippen molar-refractivity contribution in [1.29, 1.82) is 0 Å². The second kappa shape index (κ2) is 9.96. The fraction of sp³-hybridized carbons (Fsp3) is 0.571. The lowest BCUT2D eigenvalue weighted by molar-refractivity contribution is -0.206. The van der Waals surface area contributed by atoms with E-state index in [1.165, 1.54) is 0 Å². The number of rotatable bonds is 9. The molecule has 0 bridgehead atoms. The van der Waals surface area contributed by atoms with E-state index in [0.29, 0.717) is 0 Å². The highest BCUT2D eigenvalue weighted by atomic mass is 16.6. The first-order valence-corrected chi connectivity index (χ1v) is 7.01. The molecule has 12 heteroatoms. The highest BCUT2D eigenvalue weighted by molar-refractivity contribution is 5.81. The van der Waals surface area contributed by atoms with Gasteiger partial charge in [-0.3, -0.25) is 19.2 Å². The minimum absolute atomic E-state index is 0.850. The third-order valence-electron chi connectivity index (χ3n) is 2.60. The molecule has 12 nitrogen and oxygen atoms in total. The van der Waals surface area contributed by atoms with Crippen LogP contribution in [0.1, 0.15) is 27.7 Å². The molecular weight excluding hydrogens is 360 g/mol. The average molecular weight is 378 g/mol. The third-order valence-corrected chi connectivity index (χ3v) is 2.60. The predicted molar refractivity (Wildman–Crippen MR) is 77.5 cm³/mol. The fourth-order valence-corrected chi connectivity index (χ4v) is 1.86. The van der Waals surface area contributed by atoms with E-state index in [1.807, 2.05) is 0 Å². The number of carboxylic acid groups (broad SMARTS) is 2. The van der Waals surface area contributed by atoms with E-state index in [9.17, 15) is 39.0 Å². The van der Waals surface area contributed by atoms with Gasteiger partial charge >= 0.3 is 35.8 Å². The van der Waals surface area contributed by atoms with Crippen molar-refractivity contribution >= 4 is 35.8 Å². The number of carboxylic acids is 2. The van der Waals surface area contributed by atoms with Crippen molar-refractivity contribution in [2.75, 3.05) is 0 Å². The van der Waals surface area contributed by atoms with Crippen molar-refractivity contribution < 1.29 is 57.9 Å². The summed E-state index contributed by atoms with van der Waals surface area (Å²) in [6.45, 7) is 3.41. The van der Waals surface area contributed by atoms with Crippen LogP contribution in [-0.2, 0) is 47.7 Å². The van der Waals surface area contributed by atoms with E-state index in [4.69, 9.17) is 9.47 Å². The molecule has 0 aliphatic heterocycles. The number of carbonyl (C=O) groups is 6. The first kappa shape index (κ1) is 22.8. The summed E-state index contributed by atoms with van der Waals surface area (Å²) in [5.41, 5.74) is 0. The summed E-state index contributed by atoms with van der Waals surface area (Å²) in [6.07, 6.45) is -8.70. The summed E-state index contributed by atoms with van der Waals surface area (Å²) in [5, 5.41) is 18.5. The summed E-state index contributed by atoms with van der Waals surface area (Å²) in [7, 11) is 0. The molecule has 0 heterocycles. The van der Waals surface area contributed by atoms with Gasteiger partial charge in [0.25, 0.3) is 0 Å². The largest absolute Gasteiger partial charge is 0.478 e. The summed E-state index contributed by atoms with van der Waals surface area (Å²) in [6, 6.07) is 0. The van der Waals surface area contributed by atoms with Gasteiger partial charge in [0.1, 0.15) is 0 Å². The van der Waals surface area contributed by atoms with Crippen molar-refractivity contribution in [1.82, 2.24) is 0 Å². The maximum Gasteiger partial charge on any atom is 0.349 e. The number of ether oxygens (including phenoxy) is 4. The van der Waals surface area contributed by atoms with Crippen LogP contribution in [0.5, 0.6) is 0 Å². The van der Waals surface area contributed by atoms with Crippen molar-refractivity contribution in [3.8, 4) is 0 Å². The molecule has 26 heavy (non-hydrogen) atoms. The van der Waals surface area contributed by atoms with Crippen LogP contribution in [0.4, 0.5) is 0 Å². The van der Waals surface area contributed by atoms with Crippen molar-refractivity contribution in [3.05, 3.63) is 0 Å². The minimum atomic E-state index is -2.24. The Bertz CT molecular complexity index is 543. The average Bonchev–Trinajstić information content (AvgIpc) is 2.44. The molecule has 2 N–H and O–H groups in total. The zero-order valence-corrected chi connectivity index (χ0v) is 14.3.